The molecule has 1 aliphatic heterocycles. The van der Waals surface area contributed by atoms with Crippen LogP contribution in [0.3, 0.4) is 0 Å². The molecule has 1 aliphatic rings. The molecule has 0 aliphatic carbocycles. The molecule has 0 bridgehead atoms. The third-order valence-electron chi connectivity index (χ3n) is 3.29. The Kier molecular flexibility index (Phi) is 3.67. The van der Waals surface area contributed by atoms with Gasteiger partial charge in [0.1, 0.15) is 0 Å². The number of aliphatic imine (C=N–C) groups is 1. The molecule has 17 heavy (non-hydrogen) atoms. The lowest BCUT2D eigenvalue weighted by Crippen LogP contribution is -2.45. The van der Waals surface area contributed by atoms with Gasteiger partial charge in [-0.3, -0.25) is 4.99 Å². The fourth-order valence-electron chi connectivity index (χ4n) is 2.45. The van der Waals surface area contributed by atoms with Gasteiger partial charge in [0.15, 0.2) is 5.96 Å². The van der Waals surface area contributed by atoms with E-state index in [4.69, 9.17) is 5.73 Å². The van der Waals surface area contributed by atoms with E-state index in [2.05, 4.69) is 54.1 Å². The third-order valence-corrected chi connectivity index (χ3v) is 3.29. The highest BCUT2D eigenvalue weighted by Crippen LogP contribution is 2.17. The molecule has 1 aromatic rings. The van der Waals surface area contributed by atoms with Crippen molar-refractivity contribution in [1.29, 1.82) is 0 Å². The second kappa shape index (κ2) is 5.21. The molecule has 1 atom stereocenters. The number of benzene rings is 1. The molecule has 1 aromatic carbocycles. The average Bonchev–Trinajstić information content (AvgIpc) is 2.69. The molecule has 1 heterocycles. The number of aryl methyl sites for hydroxylation is 1. The zero-order valence-corrected chi connectivity index (χ0v) is 10.6. The van der Waals surface area contributed by atoms with Gasteiger partial charge in [0.05, 0.1) is 12.6 Å². The normalized spacial score (nSPS) is 19.8. The number of hydrogen-bond acceptors (Lipinski definition) is 3. The van der Waals surface area contributed by atoms with Crippen LogP contribution in [0.2, 0.25) is 0 Å². The van der Waals surface area contributed by atoms with Crippen LogP contribution in [0.4, 0.5) is 0 Å². The summed E-state index contributed by atoms with van der Waals surface area (Å²) in [6.07, 6.45) is 2.21. The van der Waals surface area contributed by atoms with Crippen molar-refractivity contribution in [1.82, 2.24) is 4.90 Å². The van der Waals surface area contributed by atoms with E-state index >= 15 is 0 Å². The number of nitrogens with zero attached hydrogens (tertiary/aromatic N) is 2. The molecule has 0 saturated heterocycles. The lowest BCUT2D eigenvalue weighted by atomic mass is 10.0. The van der Waals surface area contributed by atoms with Crippen molar-refractivity contribution in [3.05, 3.63) is 35.9 Å². The SMILES string of the molecule is CC(C)N1C(N)=NCC1CCc1ccccc1. The Hall–Kier alpha value is -1.51. The zero-order valence-electron chi connectivity index (χ0n) is 10.6. The highest BCUT2D eigenvalue weighted by Gasteiger charge is 2.27. The summed E-state index contributed by atoms with van der Waals surface area (Å²) in [7, 11) is 0. The van der Waals surface area contributed by atoms with Crippen LogP contribution in [0.15, 0.2) is 35.3 Å². The van der Waals surface area contributed by atoms with Crippen LogP contribution < -0.4 is 5.73 Å². The molecule has 1 unspecified atom stereocenters. The molecule has 3 heteroatoms. The highest BCUT2D eigenvalue weighted by molar-refractivity contribution is 5.80. The van der Waals surface area contributed by atoms with Crippen molar-refractivity contribution >= 4 is 5.96 Å². The monoisotopic (exact) mass is 231 g/mol. The van der Waals surface area contributed by atoms with Crippen molar-refractivity contribution < 1.29 is 0 Å². The first-order valence-electron chi connectivity index (χ1n) is 6.30. The smallest absolute Gasteiger partial charge is 0.191 e. The van der Waals surface area contributed by atoms with Crippen LogP contribution in [-0.4, -0.2) is 29.5 Å². The molecule has 2 rings (SSSR count). The van der Waals surface area contributed by atoms with Gasteiger partial charge in [-0.05, 0) is 32.3 Å². The Morgan fingerprint density at radius 2 is 2.06 bits per heavy atom. The van der Waals surface area contributed by atoms with Crippen LogP contribution in [0.5, 0.6) is 0 Å². The maximum absolute atomic E-state index is 5.92. The zero-order chi connectivity index (χ0) is 12.3. The summed E-state index contributed by atoms with van der Waals surface area (Å²) in [6.45, 7) is 5.18. The van der Waals surface area contributed by atoms with Crippen LogP contribution in [0.1, 0.15) is 25.8 Å². The Bertz CT molecular complexity index is 384. The topological polar surface area (TPSA) is 41.6 Å². The van der Waals surface area contributed by atoms with E-state index in [-0.39, 0.29) is 0 Å². The first-order valence-corrected chi connectivity index (χ1v) is 6.30. The fourth-order valence-corrected chi connectivity index (χ4v) is 2.45. The minimum absolute atomic E-state index is 0.432. The first kappa shape index (κ1) is 12.0. The number of rotatable bonds is 4. The summed E-state index contributed by atoms with van der Waals surface area (Å²) in [5.74, 6) is 0.707. The molecule has 2 N–H and O–H groups in total. The van der Waals surface area contributed by atoms with Crippen LogP contribution in [0, 0.1) is 0 Å². The standard InChI is InChI=1S/C14H21N3/c1-11(2)17-13(10-16-14(17)15)9-8-12-6-4-3-5-7-12/h3-7,11,13H,8-10H2,1-2H3,(H2,15,16). The molecule has 0 saturated carbocycles. The molecule has 0 fully saturated rings. The van der Waals surface area contributed by atoms with E-state index < -0.39 is 0 Å². The van der Waals surface area contributed by atoms with Crippen LogP contribution >= 0.6 is 0 Å². The molecule has 0 amide bonds. The summed E-state index contributed by atoms with van der Waals surface area (Å²) in [6, 6.07) is 11.5. The lowest BCUT2D eigenvalue weighted by molar-refractivity contribution is 0.273. The van der Waals surface area contributed by atoms with E-state index in [1.54, 1.807) is 0 Å². The maximum Gasteiger partial charge on any atom is 0.191 e. The van der Waals surface area contributed by atoms with Crippen molar-refractivity contribution in [2.24, 2.45) is 10.7 Å². The van der Waals surface area contributed by atoms with Gasteiger partial charge in [-0.15, -0.1) is 0 Å². The van der Waals surface area contributed by atoms with E-state index in [1.807, 2.05) is 0 Å². The summed E-state index contributed by atoms with van der Waals surface area (Å²) < 4.78 is 0. The molecular weight excluding hydrogens is 210 g/mol. The van der Waals surface area contributed by atoms with Gasteiger partial charge >= 0.3 is 0 Å². The largest absolute Gasteiger partial charge is 0.370 e. The average molecular weight is 231 g/mol. The second-order valence-corrected chi connectivity index (χ2v) is 4.88. The summed E-state index contributed by atoms with van der Waals surface area (Å²) in [4.78, 5) is 6.59. The van der Waals surface area contributed by atoms with E-state index in [0.717, 1.165) is 19.4 Å². The van der Waals surface area contributed by atoms with Gasteiger partial charge in [-0.1, -0.05) is 30.3 Å². The van der Waals surface area contributed by atoms with Gasteiger partial charge in [-0.2, -0.15) is 0 Å². The van der Waals surface area contributed by atoms with Crippen molar-refractivity contribution in [2.45, 2.75) is 38.8 Å². The van der Waals surface area contributed by atoms with Gasteiger partial charge in [-0.25, -0.2) is 0 Å². The van der Waals surface area contributed by atoms with E-state index in [0.29, 0.717) is 18.0 Å². The molecule has 0 radical (unpaired) electrons. The Morgan fingerprint density at radius 3 is 2.71 bits per heavy atom. The van der Waals surface area contributed by atoms with E-state index in [9.17, 15) is 0 Å². The van der Waals surface area contributed by atoms with Crippen LogP contribution in [-0.2, 0) is 6.42 Å². The minimum Gasteiger partial charge on any atom is -0.370 e. The Balaban J connectivity index is 1.92. The predicted octanol–water partition coefficient (Wildman–Crippen LogP) is 2.03. The minimum atomic E-state index is 0.432. The molecule has 0 aromatic heterocycles. The summed E-state index contributed by atoms with van der Waals surface area (Å²) >= 11 is 0. The first-order chi connectivity index (χ1) is 8.18. The van der Waals surface area contributed by atoms with Gasteiger partial charge in [0.25, 0.3) is 0 Å². The quantitative estimate of drug-likeness (QED) is 0.861. The second-order valence-electron chi connectivity index (χ2n) is 4.88. The van der Waals surface area contributed by atoms with Gasteiger partial charge in [0.2, 0.25) is 0 Å². The van der Waals surface area contributed by atoms with Gasteiger partial charge in [0, 0.05) is 6.04 Å². The lowest BCUT2D eigenvalue weighted by Gasteiger charge is -2.30. The summed E-state index contributed by atoms with van der Waals surface area (Å²) in [5.41, 5.74) is 7.31. The van der Waals surface area contributed by atoms with E-state index in [1.165, 1.54) is 5.56 Å². The number of guanidine groups is 1. The molecule has 3 nitrogen and oxygen atoms in total. The fraction of sp³-hybridized carbons (Fsp3) is 0.500. The Labute approximate surface area is 103 Å². The molecule has 0 spiro atoms. The van der Waals surface area contributed by atoms with Gasteiger partial charge < -0.3 is 10.6 Å². The van der Waals surface area contributed by atoms with Crippen molar-refractivity contribution in [3.63, 3.8) is 0 Å². The van der Waals surface area contributed by atoms with Crippen molar-refractivity contribution in [2.75, 3.05) is 6.54 Å². The molecular formula is C14H21N3. The molecule has 92 valence electrons. The number of hydrogen-bond donors (Lipinski definition) is 1. The third kappa shape index (κ3) is 2.78. The van der Waals surface area contributed by atoms with Crippen LogP contribution in [0.25, 0.3) is 0 Å². The maximum atomic E-state index is 5.92. The van der Waals surface area contributed by atoms with Crippen molar-refractivity contribution in [3.8, 4) is 0 Å². The number of nitrogens with two attached hydrogens (primary N) is 1. The Morgan fingerprint density at radius 1 is 1.35 bits per heavy atom. The summed E-state index contributed by atoms with van der Waals surface area (Å²) in [5, 5.41) is 0. The predicted molar refractivity (Wildman–Crippen MR) is 72.0 cm³/mol. The highest BCUT2D eigenvalue weighted by atomic mass is 15.3.